The third kappa shape index (κ3) is 4.20. The van der Waals surface area contributed by atoms with Gasteiger partial charge in [-0.3, -0.25) is 4.79 Å². The van der Waals surface area contributed by atoms with Crippen molar-refractivity contribution in [2.45, 2.75) is 45.4 Å². The largest absolute Gasteiger partial charge is 0.396 e. The Morgan fingerprint density at radius 1 is 1.33 bits per heavy atom. The van der Waals surface area contributed by atoms with Gasteiger partial charge in [0.15, 0.2) is 0 Å². The molecule has 0 bridgehead atoms. The molecular formula is C12H23NO2. The zero-order valence-corrected chi connectivity index (χ0v) is 9.67. The van der Waals surface area contributed by atoms with Crippen molar-refractivity contribution >= 4 is 5.91 Å². The fourth-order valence-corrected chi connectivity index (χ4v) is 2.35. The monoisotopic (exact) mass is 213 g/mol. The summed E-state index contributed by atoms with van der Waals surface area (Å²) in [5, 5.41) is 12.2. The van der Waals surface area contributed by atoms with Gasteiger partial charge in [0.1, 0.15) is 0 Å². The molecule has 1 rings (SSSR count). The minimum atomic E-state index is 0.153. The summed E-state index contributed by atoms with van der Waals surface area (Å²) in [6.07, 6.45) is 6.26. The molecule has 0 aromatic rings. The number of amides is 1. The van der Waals surface area contributed by atoms with Crippen LogP contribution < -0.4 is 5.32 Å². The second-order valence-corrected chi connectivity index (χ2v) is 4.54. The summed E-state index contributed by atoms with van der Waals surface area (Å²) in [6, 6.07) is 0. The van der Waals surface area contributed by atoms with E-state index in [0.29, 0.717) is 18.3 Å². The van der Waals surface area contributed by atoms with Crippen LogP contribution in [0.4, 0.5) is 0 Å². The quantitative estimate of drug-likeness (QED) is 0.730. The lowest BCUT2D eigenvalue weighted by atomic mass is 9.79. The van der Waals surface area contributed by atoms with Crippen LogP contribution in [0.5, 0.6) is 0 Å². The average molecular weight is 213 g/mol. The van der Waals surface area contributed by atoms with E-state index < -0.39 is 0 Å². The first-order valence-corrected chi connectivity index (χ1v) is 6.15. The highest BCUT2D eigenvalue weighted by molar-refractivity contribution is 5.75. The Hall–Kier alpha value is -0.570. The van der Waals surface area contributed by atoms with Crippen LogP contribution in [0.2, 0.25) is 0 Å². The van der Waals surface area contributed by atoms with Crippen molar-refractivity contribution in [2.24, 2.45) is 11.8 Å². The molecule has 2 atom stereocenters. The van der Waals surface area contributed by atoms with E-state index in [-0.39, 0.29) is 12.5 Å². The molecule has 15 heavy (non-hydrogen) atoms. The van der Waals surface area contributed by atoms with Gasteiger partial charge in [-0.1, -0.05) is 19.8 Å². The standard InChI is InChI=1S/C12H23NO2/c1-2-5-12(15)13-8-10-6-3-4-7-11(10)9-14/h10-11,14H,2-9H2,1H3,(H,13,15). The summed E-state index contributed by atoms with van der Waals surface area (Å²) >= 11 is 0. The number of carbonyl (C=O) groups is 1. The van der Waals surface area contributed by atoms with Gasteiger partial charge < -0.3 is 10.4 Å². The molecule has 88 valence electrons. The highest BCUT2D eigenvalue weighted by Crippen LogP contribution is 2.28. The molecule has 0 aromatic heterocycles. The van der Waals surface area contributed by atoms with Crippen LogP contribution >= 0.6 is 0 Å². The molecule has 1 aliphatic rings. The highest BCUT2D eigenvalue weighted by atomic mass is 16.3. The molecule has 2 N–H and O–H groups in total. The number of hydrogen-bond donors (Lipinski definition) is 2. The first kappa shape index (κ1) is 12.5. The van der Waals surface area contributed by atoms with Crippen molar-refractivity contribution in [2.75, 3.05) is 13.2 Å². The fraction of sp³-hybridized carbons (Fsp3) is 0.917. The van der Waals surface area contributed by atoms with Gasteiger partial charge >= 0.3 is 0 Å². The first-order chi connectivity index (χ1) is 7.27. The number of carbonyl (C=O) groups excluding carboxylic acids is 1. The summed E-state index contributed by atoms with van der Waals surface area (Å²) in [5.41, 5.74) is 0. The zero-order valence-electron chi connectivity index (χ0n) is 9.67. The second-order valence-electron chi connectivity index (χ2n) is 4.54. The normalized spacial score (nSPS) is 26.3. The topological polar surface area (TPSA) is 49.3 Å². The number of aliphatic hydroxyl groups is 1. The smallest absolute Gasteiger partial charge is 0.219 e. The number of aliphatic hydroxyl groups excluding tert-OH is 1. The van der Waals surface area contributed by atoms with Crippen LogP contribution in [0.25, 0.3) is 0 Å². The zero-order chi connectivity index (χ0) is 11.1. The summed E-state index contributed by atoms with van der Waals surface area (Å²) < 4.78 is 0. The number of hydrogen-bond acceptors (Lipinski definition) is 2. The van der Waals surface area contributed by atoms with E-state index in [1.807, 2.05) is 6.92 Å². The molecule has 1 aliphatic carbocycles. The molecule has 0 spiro atoms. The molecule has 1 fully saturated rings. The van der Waals surface area contributed by atoms with Crippen molar-refractivity contribution in [1.29, 1.82) is 0 Å². The number of rotatable bonds is 5. The number of nitrogens with one attached hydrogen (secondary N) is 1. The molecule has 1 saturated carbocycles. The Kier molecular flexibility index (Phi) is 5.69. The van der Waals surface area contributed by atoms with Crippen molar-refractivity contribution in [3.05, 3.63) is 0 Å². The van der Waals surface area contributed by atoms with Gasteiger partial charge in [0.05, 0.1) is 0 Å². The minimum Gasteiger partial charge on any atom is -0.396 e. The van der Waals surface area contributed by atoms with E-state index in [9.17, 15) is 9.90 Å². The average Bonchev–Trinajstić information content (AvgIpc) is 2.27. The second kappa shape index (κ2) is 6.83. The van der Waals surface area contributed by atoms with Crippen LogP contribution in [-0.2, 0) is 4.79 Å². The summed E-state index contributed by atoms with van der Waals surface area (Å²) in [7, 11) is 0. The summed E-state index contributed by atoms with van der Waals surface area (Å²) in [5.74, 6) is 1.05. The van der Waals surface area contributed by atoms with Crippen LogP contribution in [0.1, 0.15) is 45.4 Å². The molecule has 3 heteroatoms. The van der Waals surface area contributed by atoms with Crippen molar-refractivity contribution in [3.63, 3.8) is 0 Å². The van der Waals surface area contributed by atoms with Gasteiger partial charge in [0.2, 0.25) is 5.91 Å². The van der Waals surface area contributed by atoms with E-state index in [0.717, 1.165) is 25.8 Å². The van der Waals surface area contributed by atoms with Crippen LogP contribution in [0.15, 0.2) is 0 Å². The summed E-state index contributed by atoms with van der Waals surface area (Å²) in [4.78, 5) is 11.3. The molecule has 3 nitrogen and oxygen atoms in total. The van der Waals surface area contributed by atoms with E-state index in [2.05, 4.69) is 5.32 Å². The van der Waals surface area contributed by atoms with Crippen molar-refractivity contribution in [3.8, 4) is 0 Å². The maximum Gasteiger partial charge on any atom is 0.219 e. The molecule has 1 amide bonds. The lowest BCUT2D eigenvalue weighted by Crippen LogP contribution is -2.35. The van der Waals surface area contributed by atoms with Gasteiger partial charge in [0.25, 0.3) is 0 Å². The lowest BCUT2D eigenvalue weighted by molar-refractivity contribution is -0.121. The van der Waals surface area contributed by atoms with Crippen molar-refractivity contribution in [1.82, 2.24) is 5.32 Å². The van der Waals surface area contributed by atoms with E-state index in [1.165, 1.54) is 12.8 Å². The van der Waals surface area contributed by atoms with E-state index >= 15 is 0 Å². The Morgan fingerprint density at radius 2 is 2.00 bits per heavy atom. The summed E-state index contributed by atoms with van der Waals surface area (Å²) in [6.45, 7) is 3.04. The van der Waals surface area contributed by atoms with Gasteiger partial charge in [-0.25, -0.2) is 0 Å². The van der Waals surface area contributed by atoms with E-state index in [1.54, 1.807) is 0 Å². The van der Waals surface area contributed by atoms with Gasteiger partial charge in [-0.05, 0) is 31.1 Å². The van der Waals surface area contributed by atoms with Crippen LogP contribution in [0.3, 0.4) is 0 Å². The molecule has 0 aromatic carbocycles. The molecule has 0 aliphatic heterocycles. The molecule has 0 saturated heterocycles. The molecular weight excluding hydrogens is 190 g/mol. The SMILES string of the molecule is CCCC(=O)NCC1CCCCC1CO. The fourth-order valence-electron chi connectivity index (χ4n) is 2.35. The Morgan fingerprint density at radius 3 is 2.60 bits per heavy atom. The Bertz CT molecular complexity index is 194. The predicted molar refractivity (Wildman–Crippen MR) is 60.5 cm³/mol. The first-order valence-electron chi connectivity index (χ1n) is 6.15. The van der Waals surface area contributed by atoms with Crippen LogP contribution in [-0.4, -0.2) is 24.2 Å². The molecule has 0 radical (unpaired) electrons. The van der Waals surface area contributed by atoms with E-state index in [4.69, 9.17) is 0 Å². The van der Waals surface area contributed by atoms with Crippen LogP contribution in [0, 0.1) is 11.8 Å². The Labute approximate surface area is 92.3 Å². The highest BCUT2D eigenvalue weighted by Gasteiger charge is 2.24. The van der Waals surface area contributed by atoms with Crippen molar-refractivity contribution < 1.29 is 9.90 Å². The molecule has 0 heterocycles. The third-order valence-corrected chi connectivity index (χ3v) is 3.34. The maximum atomic E-state index is 11.3. The van der Waals surface area contributed by atoms with Gasteiger partial charge in [0, 0.05) is 19.6 Å². The molecule has 2 unspecified atom stereocenters. The van der Waals surface area contributed by atoms with Gasteiger partial charge in [-0.15, -0.1) is 0 Å². The third-order valence-electron chi connectivity index (χ3n) is 3.34. The maximum absolute atomic E-state index is 11.3. The predicted octanol–water partition coefficient (Wildman–Crippen LogP) is 1.70. The lowest BCUT2D eigenvalue weighted by Gasteiger charge is -2.30. The minimum absolute atomic E-state index is 0.153. The van der Waals surface area contributed by atoms with Gasteiger partial charge in [-0.2, -0.15) is 0 Å². The Balaban J connectivity index is 2.26.